The Morgan fingerprint density at radius 3 is 2.64 bits per heavy atom. The number of benzene rings is 1. The summed E-state index contributed by atoms with van der Waals surface area (Å²) >= 11 is 6.19. The van der Waals surface area contributed by atoms with E-state index in [-0.39, 0.29) is 11.5 Å². The molecule has 0 radical (unpaired) electrons. The van der Waals surface area contributed by atoms with Crippen LogP contribution < -0.4 is 10.6 Å². The van der Waals surface area contributed by atoms with Gasteiger partial charge >= 0.3 is 0 Å². The maximum Gasteiger partial charge on any atom is 0.280 e. The first kappa shape index (κ1) is 19.7. The van der Waals surface area contributed by atoms with Crippen molar-refractivity contribution in [3.05, 3.63) is 52.8 Å². The number of aliphatic imine (C=N–C) groups is 1. The van der Waals surface area contributed by atoms with Crippen molar-refractivity contribution >= 4 is 40.2 Å². The minimum absolute atomic E-state index is 0.0727. The number of aromatic amines is 1. The normalized spacial score (nSPS) is 12.3. The highest BCUT2D eigenvalue weighted by Gasteiger charge is 2.18. The molecule has 0 spiro atoms. The van der Waals surface area contributed by atoms with Gasteiger partial charge in [-0.05, 0) is 39.0 Å². The molecule has 3 rings (SSSR count). The van der Waals surface area contributed by atoms with Gasteiger partial charge in [-0.25, -0.2) is 8.78 Å². The van der Waals surface area contributed by atoms with Gasteiger partial charge in [0.05, 0.1) is 22.1 Å². The summed E-state index contributed by atoms with van der Waals surface area (Å²) in [6.45, 7) is 5.60. The second-order valence-corrected chi connectivity index (χ2v) is 7.42. The fraction of sp³-hybridized carbons (Fsp3) is 0.222. The predicted octanol–water partition coefficient (Wildman–Crippen LogP) is 3.89. The third-order valence-corrected chi connectivity index (χ3v) is 3.82. The Balaban J connectivity index is 1.97. The van der Waals surface area contributed by atoms with Gasteiger partial charge in [-0.15, -0.1) is 0 Å². The first-order valence-corrected chi connectivity index (χ1v) is 8.63. The standard InChI is InChI=1S/C18H17ClF2N6O/c1-18(2,3)25-17(24-16(28)9-4-5-11(20)12(21)6-9)23-15-14-10(19)7-22-8-13(14)26-27-15/h4-8H,1-3H3,(H3,23,24,25,26,27,28). The van der Waals surface area contributed by atoms with Gasteiger partial charge in [0.2, 0.25) is 5.96 Å². The number of rotatable bonds is 2. The largest absolute Gasteiger partial charge is 0.351 e. The lowest BCUT2D eigenvalue weighted by Gasteiger charge is -2.23. The maximum absolute atomic E-state index is 13.4. The number of H-pyrrole nitrogens is 1. The Morgan fingerprint density at radius 2 is 1.96 bits per heavy atom. The van der Waals surface area contributed by atoms with Gasteiger partial charge in [0.15, 0.2) is 17.5 Å². The maximum atomic E-state index is 13.4. The van der Waals surface area contributed by atoms with Gasteiger partial charge in [-0.1, -0.05) is 11.6 Å². The smallest absolute Gasteiger partial charge is 0.280 e. The van der Waals surface area contributed by atoms with Gasteiger partial charge in [-0.3, -0.25) is 14.9 Å². The van der Waals surface area contributed by atoms with E-state index < -0.39 is 23.1 Å². The van der Waals surface area contributed by atoms with E-state index in [0.717, 1.165) is 18.2 Å². The first-order chi connectivity index (χ1) is 13.1. The first-order valence-electron chi connectivity index (χ1n) is 8.25. The minimum atomic E-state index is -1.13. The summed E-state index contributed by atoms with van der Waals surface area (Å²) in [6.07, 6.45) is 3.02. The number of halogens is 3. The molecule has 28 heavy (non-hydrogen) atoms. The Bertz CT molecular complexity index is 1070. The summed E-state index contributed by atoms with van der Waals surface area (Å²) in [7, 11) is 0. The van der Waals surface area contributed by atoms with Crippen LogP contribution in [-0.4, -0.2) is 32.6 Å². The number of guanidine groups is 1. The van der Waals surface area contributed by atoms with E-state index in [4.69, 9.17) is 11.6 Å². The van der Waals surface area contributed by atoms with Gasteiger partial charge < -0.3 is 10.6 Å². The molecule has 0 unspecified atom stereocenters. The monoisotopic (exact) mass is 406 g/mol. The second-order valence-electron chi connectivity index (χ2n) is 7.01. The predicted molar refractivity (Wildman–Crippen MR) is 104 cm³/mol. The van der Waals surface area contributed by atoms with Crippen molar-refractivity contribution in [2.24, 2.45) is 4.99 Å². The molecule has 10 heteroatoms. The molecule has 0 aliphatic heterocycles. The van der Waals surface area contributed by atoms with Gasteiger partial charge in [0.25, 0.3) is 5.91 Å². The highest BCUT2D eigenvalue weighted by atomic mass is 35.5. The van der Waals surface area contributed by atoms with Crippen LogP contribution in [0.5, 0.6) is 0 Å². The summed E-state index contributed by atoms with van der Waals surface area (Å²) < 4.78 is 26.5. The fourth-order valence-electron chi connectivity index (χ4n) is 2.37. The summed E-state index contributed by atoms with van der Waals surface area (Å²) in [4.78, 5) is 20.4. The van der Waals surface area contributed by atoms with Crippen LogP contribution in [0.1, 0.15) is 31.1 Å². The SMILES string of the molecule is CC(C)(C)N/C(=N/C(=O)c1ccc(F)c(F)c1)Nc1n[nH]c2cncc(Cl)c12. The van der Waals surface area contributed by atoms with Gasteiger partial charge in [0, 0.05) is 17.3 Å². The number of fused-ring (bicyclic) bond motifs is 1. The number of nitrogens with one attached hydrogen (secondary N) is 3. The second kappa shape index (κ2) is 7.51. The van der Waals surface area contributed by atoms with E-state index in [1.54, 1.807) is 6.20 Å². The van der Waals surface area contributed by atoms with E-state index in [9.17, 15) is 13.6 Å². The van der Waals surface area contributed by atoms with Crippen LogP contribution in [-0.2, 0) is 0 Å². The molecule has 2 aromatic heterocycles. The van der Waals surface area contributed by atoms with Crippen LogP contribution >= 0.6 is 11.6 Å². The molecule has 146 valence electrons. The molecule has 1 amide bonds. The highest BCUT2D eigenvalue weighted by Crippen LogP contribution is 2.27. The van der Waals surface area contributed by atoms with Crippen LogP contribution in [0, 0.1) is 11.6 Å². The summed E-state index contributed by atoms with van der Waals surface area (Å²) in [5, 5.41) is 13.8. The number of hydrogen-bond donors (Lipinski definition) is 3. The van der Waals surface area contributed by atoms with E-state index in [0.29, 0.717) is 21.7 Å². The fourth-order valence-corrected chi connectivity index (χ4v) is 2.62. The number of aromatic nitrogens is 3. The molecule has 0 atom stereocenters. The summed E-state index contributed by atoms with van der Waals surface area (Å²) in [6, 6.07) is 2.82. The molecular formula is C18H17ClF2N6O. The van der Waals surface area contributed by atoms with E-state index in [1.807, 2.05) is 20.8 Å². The number of hydrogen-bond acceptors (Lipinski definition) is 3. The summed E-state index contributed by atoms with van der Waals surface area (Å²) in [5.41, 5.74) is 0.0394. The summed E-state index contributed by atoms with van der Waals surface area (Å²) in [5.74, 6) is -2.53. The van der Waals surface area contributed by atoms with Crippen LogP contribution in [0.3, 0.4) is 0 Å². The van der Waals surface area contributed by atoms with Crippen LogP contribution in [0.4, 0.5) is 14.6 Å². The Kier molecular flexibility index (Phi) is 5.28. The van der Waals surface area contributed by atoms with Crippen molar-refractivity contribution in [2.45, 2.75) is 26.3 Å². The molecule has 0 aliphatic rings. The Hall–Kier alpha value is -3.07. The lowest BCUT2D eigenvalue weighted by atomic mass is 10.1. The third kappa shape index (κ3) is 4.42. The van der Waals surface area contributed by atoms with Gasteiger partial charge in [-0.2, -0.15) is 10.1 Å². The minimum Gasteiger partial charge on any atom is -0.351 e. The molecule has 0 aliphatic carbocycles. The van der Waals surface area contributed by atoms with Crippen molar-refractivity contribution in [1.29, 1.82) is 0 Å². The van der Waals surface area contributed by atoms with Gasteiger partial charge in [0.1, 0.15) is 0 Å². The molecule has 2 heterocycles. The molecule has 3 aromatic rings. The molecule has 0 saturated carbocycles. The zero-order valence-corrected chi connectivity index (χ0v) is 16.0. The average Bonchev–Trinajstić information content (AvgIpc) is 3.00. The van der Waals surface area contributed by atoms with E-state index >= 15 is 0 Å². The van der Waals surface area contributed by atoms with Crippen molar-refractivity contribution in [3.8, 4) is 0 Å². The Labute approximate surface area is 164 Å². The zero-order chi connectivity index (χ0) is 20.5. The molecular weight excluding hydrogens is 390 g/mol. The number of pyridine rings is 1. The number of anilines is 1. The zero-order valence-electron chi connectivity index (χ0n) is 15.3. The molecule has 7 nitrogen and oxygen atoms in total. The number of carbonyl (C=O) groups excluding carboxylic acids is 1. The van der Waals surface area contributed by atoms with E-state index in [1.165, 1.54) is 6.20 Å². The highest BCUT2D eigenvalue weighted by molar-refractivity contribution is 6.36. The third-order valence-electron chi connectivity index (χ3n) is 3.53. The molecule has 0 saturated heterocycles. The number of amides is 1. The quantitative estimate of drug-likeness (QED) is 0.443. The van der Waals surface area contributed by atoms with Crippen molar-refractivity contribution < 1.29 is 13.6 Å². The van der Waals surface area contributed by atoms with Crippen LogP contribution in [0.2, 0.25) is 5.02 Å². The number of carbonyl (C=O) groups is 1. The average molecular weight is 407 g/mol. The van der Waals surface area contributed by atoms with Crippen molar-refractivity contribution in [2.75, 3.05) is 5.32 Å². The van der Waals surface area contributed by atoms with Crippen LogP contribution in [0.15, 0.2) is 35.6 Å². The van der Waals surface area contributed by atoms with Crippen molar-refractivity contribution in [3.63, 3.8) is 0 Å². The topological polar surface area (TPSA) is 95.1 Å². The molecule has 3 N–H and O–H groups in total. The number of nitrogens with zero attached hydrogens (tertiary/aromatic N) is 3. The van der Waals surface area contributed by atoms with Crippen LogP contribution in [0.25, 0.3) is 10.9 Å². The molecule has 1 aromatic carbocycles. The van der Waals surface area contributed by atoms with Crippen molar-refractivity contribution in [1.82, 2.24) is 20.5 Å². The molecule has 0 bridgehead atoms. The lowest BCUT2D eigenvalue weighted by molar-refractivity contribution is 0.100. The Morgan fingerprint density at radius 1 is 1.21 bits per heavy atom. The molecule has 0 fully saturated rings. The lowest BCUT2D eigenvalue weighted by Crippen LogP contribution is -2.44. The van der Waals surface area contributed by atoms with E-state index in [2.05, 4.69) is 30.8 Å².